The molecular formula is C13H17NO2. The summed E-state index contributed by atoms with van der Waals surface area (Å²) in [7, 11) is 0. The van der Waals surface area contributed by atoms with Crippen molar-refractivity contribution < 1.29 is 9.84 Å². The normalized spacial score (nSPS) is 37.6. The molecule has 2 aliphatic heterocycles. The second-order valence-electron chi connectivity index (χ2n) is 4.82. The standard InChI is InChI=1S/C13H17NO2/c1-8-2-4-9(5-3-8)10-6-14-12-11(15)7-16-13(10)12/h2-5,10-15H,6-7H2,1H3/t10-,11-,12+,13-/m0/s1. The summed E-state index contributed by atoms with van der Waals surface area (Å²) in [6, 6.07) is 8.71. The molecule has 0 aliphatic carbocycles. The van der Waals surface area contributed by atoms with Crippen LogP contribution in [-0.4, -0.2) is 36.5 Å². The topological polar surface area (TPSA) is 41.5 Å². The van der Waals surface area contributed by atoms with Crippen LogP contribution in [0.15, 0.2) is 24.3 Å². The van der Waals surface area contributed by atoms with Crippen molar-refractivity contribution in [1.29, 1.82) is 0 Å². The first-order valence-corrected chi connectivity index (χ1v) is 5.85. The lowest BCUT2D eigenvalue weighted by molar-refractivity contribution is 0.0787. The third-order valence-corrected chi connectivity index (χ3v) is 3.70. The van der Waals surface area contributed by atoms with Gasteiger partial charge < -0.3 is 15.2 Å². The lowest BCUT2D eigenvalue weighted by Gasteiger charge is -2.17. The quantitative estimate of drug-likeness (QED) is 0.734. The Hall–Kier alpha value is -0.900. The van der Waals surface area contributed by atoms with Crippen molar-refractivity contribution in [3.05, 3.63) is 35.4 Å². The number of benzene rings is 1. The maximum absolute atomic E-state index is 9.72. The van der Waals surface area contributed by atoms with E-state index in [9.17, 15) is 5.11 Å². The summed E-state index contributed by atoms with van der Waals surface area (Å²) in [6.07, 6.45) is -0.210. The Bertz CT molecular complexity index is 376. The molecule has 2 saturated heterocycles. The van der Waals surface area contributed by atoms with Gasteiger partial charge in [0.25, 0.3) is 0 Å². The number of ether oxygens (including phenoxy) is 1. The molecule has 86 valence electrons. The Labute approximate surface area is 95.4 Å². The Morgan fingerprint density at radius 1 is 1.31 bits per heavy atom. The lowest BCUT2D eigenvalue weighted by Crippen LogP contribution is -2.36. The first-order valence-electron chi connectivity index (χ1n) is 5.85. The van der Waals surface area contributed by atoms with E-state index in [4.69, 9.17) is 4.74 Å². The highest BCUT2D eigenvalue weighted by atomic mass is 16.5. The van der Waals surface area contributed by atoms with Crippen molar-refractivity contribution in [1.82, 2.24) is 5.32 Å². The zero-order valence-corrected chi connectivity index (χ0v) is 9.39. The fraction of sp³-hybridized carbons (Fsp3) is 0.538. The summed E-state index contributed by atoms with van der Waals surface area (Å²) in [6.45, 7) is 3.45. The van der Waals surface area contributed by atoms with Gasteiger partial charge in [-0.2, -0.15) is 0 Å². The van der Waals surface area contributed by atoms with Gasteiger partial charge in [0.1, 0.15) is 0 Å². The molecule has 0 bridgehead atoms. The molecule has 2 heterocycles. The minimum atomic E-state index is -0.347. The van der Waals surface area contributed by atoms with E-state index in [1.54, 1.807) is 0 Å². The molecule has 0 saturated carbocycles. The van der Waals surface area contributed by atoms with Crippen LogP contribution >= 0.6 is 0 Å². The number of aryl methyl sites for hydroxylation is 1. The molecule has 2 fully saturated rings. The molecule has 0 unspecified atom stereocenters. The molecule has 4 atom stereocenters. The highest BCUT2D eigenvalue weighted by Gasteiger charge is 2.45. The predicted octanol–water partition coefficient (Wildman–Crippen LogP) is 0.810. The monoisotopic (exact) mass is 219 g/mol. The van der Waals surface area contributed by atoms with Gasteiger partial charge in [-0.3, -0.25) is 0 Å². The van der Waals surface area contributed by atoms with E-state index in [-0.39, 0.29) is 18.2 Å². The molecule has 2 N–H and O–H groups in total. The second kappa shape index (κ2) is 3.84. The zero-order chi connectivity index (χ0) is 11.1. The average Bonchev–Trinajstić information content (AvgIpc) is 2.84. The van der Waals surface area contributed by atoms with Gasteiger partial charge in [0.2, 0.25) is 0 Å². The van der Waals surface area contributed by atoms with Crippen molar-refractivity contribution in [2.75, 3.05) is 13.2 Å². The highest BCUT2D eigenvalue weighted by Crippen LogP contribution is 2.33. The molecular weight excluding hydrogens is 202 g/mol. The van der Waals surface area contributed by atoms with Crippen LogP contribution in [0.25, 0.3) is 0 Å². The van der Waals surface area contributed by atoms with Gasteiger partial charge >= 0.3 is 0 Å². The molecule has 3 heteroatoms. The average molecular weight is 219 g/mol. The second-order valence-corrected chi connectivity index (χ2v) is 4.82. The number of fused-ring (bicyclic) bond motifs is 1. The molecule has 3 nitrogen and oxygen atoms in total. The van der Waals surface area contributed by atoms with Crippen LogP contribution in [0.2, 0.25) is 0 Å². The zero-order valence-electron chi connectivity index (χ0n) is 9.39. The third-order valence-electron chi connectivity index (χ3n) is 3.70. The molecule has 3 rings (SSSR count). The maximum Gasteiger partial charge on any atom is 0.0951 e. The molecule has 1 aromatic carbocycles. The van der Waals surface area contributed by atoms with Crippen molar-refractivity contribution >= 4 is 0 Å². The number of aliphatic hydroxyl groups is 1. The van der Waals surface area contributed by atoms with Crippen molar-refractivity contribution in [2.24, 2.45) is 0 Å². The number of hydrogen-bond donors (Lipinski definition) is 2. The van der Waals surface area contributed by atoms with Gasteiger partial charge in [0.15, 0.2) is 0 Å². The van der Waals surface area contributed by atoms with Crippen LogP contribution in [0.4, 0.5) is 0 Å². The van der Waals surface area contributed by atoms with Crippen LogP contribution < -0.4 is 5.32 Å². The minimum Gasteiger partial charge on any atom is -0.389 e. The van der Waals surface area contributed by atoms with E-state index in [0.717, 1.165) is 6.54 Å². The summed E-state index contributed by atoms with van der Waals surface area (Å²) in [5, 5.41) is 13.1. The smallest absolute Gasteiger partial charge is 0.0951 e. The van der Waals surface area contributed by atoms with Gasteiger partial charge in [0.05, 0.1) is 24.9 Å². The van der Waals surface area contributed by atoms with Crippen molar-refractivity contribution in [3.8, 4) is 0 Å². The molecule has 0 aromatic heterocycles. The summed E-state index contributed by atoms with van der Waals surface area (Å²) < 4.78 is 5.67. The molecule has 0 spiro atoms. The fourth-order valence-corrected chi connectivity index (χ4v) is 2.75. The van der Waals surface area contributed by atoms with Crippen LogP contribution in [0.1, 0.15) is 17.0 Å². The first-order chi connectivity index (χ1) is 7.75. The van der Waals surface area contributed by atoms with E-state index < -0.39 is 0 Å². The first kappa shape index (κ1) is 10.3. The lowest BCUT2D eigenvalue weighted by atomic mass is 9.93. The summed E-state index contributed by atoms with van der Waals surface area (Å²) >= 11 is 0. The molecule has 16 heavy (non-hydrogen) atoms. The van der Waals surface area contributed by atoms with Gasteiger partial charge in [-0.15, -0.1) is 0 Å². The molecule has 2 aliphatic rings. The molecule has 0 amide bonds. The Kier molecular flexibility index (Phi) is 2.46. The largest absolute Gasteiger partial charge is 0.389 e. The summed E-state index contributed by atoms with van der Waals surface area (Å²) in [5.74, 6) is 0.378. The van der Waals surface area contributed by atoms with Crippen LogP contribution in [0.5, 0.6) is 0 Å². The van der Waals surface area contributed by atoms with E-state index in [2.05, 4.69) is 36.5 Å². The maximum atomic E-state index is 9.72. The summed E-state index contributed by atoms with van der Waals surface area (Å²) in [5.41, 5.74) is 2.58. The van der Waals surface area contributed by atoms with Gasteiger partial charge in [-0.1, -0.05) is 29.8 Å². The Balaban J connectivity index is 1.84. The number of rotatable bonds is 1. The van der Waals surface area contributed by atoms with Gasteiger partial charge in [0, 0.05) is 12.5 Å². The molecule has 0 radical (unpaired) electrons. The minimum absolute atomic E-state index is 0.117. The van der Waals surface area contributed by atoms with Crippen molar-refractivity contribution in [3.63, 3.8) is 0 Å². The van der Waals surface area contributed by atoms with Gasteiger partial charge in [-0.25, -0.2) is 0 Å². The van der Waals surface area contributed by atoms with Crippen LogP contribution in [-0.2, 0) is 4.74 Å². The van der Waals surface area contributed by atoms with Gasteiger partial charge in [-0.05, 0) is 12.5 Å². The predicted molar refractivity (Wildman–Crippen MR) is 61.5 cm³/mol. The van der Waals surface area contributed by atoms with E-state index in [1.165, 1.54) is 11.1 Å². The highest BCUT2D eigenvalue weighted by molar-refractivity contribution is 5.28. The Morgan fingerprint density at radius 3 is 2.81 bits per heavy atom. The number of hydrogen-bond acceptors (Lipinski definition) is 3. The van der Waals surface area contributed by atoms with Crippen LogP contribution in [0.3, 0.4) is 0 Å². The SMILES string of the molecule is Cc1ccc([C@@H]2CN[C@H]3[C@H]2OC[C@@H]3O)cc1. The third kappa shape index (κ3) is 1.56. The van der Waals surface area contributed by atoms with E-state index in [1.807, 2.05) is 0 Å². The Morgan fingerprint density at radius 2 is 2.06 bits per heavy atom. The van der Waals surface area contributed by atoms with Crippen molar-refractivity contribution in [2.45, 2.75) is 31.1 Å². The van der Waals surface area contributed by atoms with E-state index >= 15 is 0 Å². The fourth-order valence-electron chi connectivity index (χ4n) is 2.75. The summed E-state index contributed by atoms with van der Waals surface area (Å²) in [4.78, 5) is 0. The number of nitrogens with one attached hydrogen (secondary N) is 1. The van der Waals surface area contributed by atoms with E-state index in [0.29, 0.717) is 12.5 Å². The number of aliphatic hydroxyl groups excluding tert-OH is 1. The van der Waals surface area contributed by atoms with Crippen LogP contribution in [0, 0.1) is 6.92 Å². The molecule has 1 aromatic rings.